The van der Waals surface area contributed by atoms with Crippen molar-refractivity contribution in [1.29, 1.82) is 0 Å². The molecule has 6 N–H and O–H groups in total. The smallest absolute Gasteiger partial charge is 0.248 e. The van der Waals surface area contributed by atoms with Crippen LogP contribution in [0.4, 0.5) is 5.69 Å². The van der Waals surface area contributed by atoms with Crippen molar-refractivity contribution in [2.75, 3.05) is 5.32 Å². The van der Waals surface area contributed by atoms with Crippen LogP contribution in [0.5, 0.6) is 0 Å². The Hall–Kier alpha value is -1.96. The Morgan fingerprint density at radius 2 is 1.74 bits per heavy atom. The van der Waals surface area contributed by atoms with E-state index in [9.17, 15) is 24.9 Å². The second-order valence-electron chi connectivity index (χ2n) is 13.5. The molecule has 4 fully saturated rings. The third-order valence-electron chi connectivity index (χ3n) is 11.8. The van der Waals surface area contributed by atoms with E-state index >= 15 is 0 Å². The lowest BCUT2D eigenvalue weighted by atomic mass is 9.43. The molecule has 0 aliphatic heterocycles. The first-order valence-electron chi connectivity index (χ1n) is 14.7. The summed E-state index contributed by atoms with van der Waals surface area (Å²) in [5.41, 5.74) is 6.14. The number of amides is 2. The third-order valence-corrected chi connectivity index (χ3v) is 11.8. The van der Waals surface area contributed by atoms with Gasteiger partial charge in [-0.3, -0.25) is 9.59 Å². The molecule has 0 heterocycles. The third kappa shape index (κ3) is 4.58. The molecule has 2 amide bonds. The molecule has 4 aliphatic rings. The van der Waals surface area contributed by atoms with Gasteiger partial charge in [0.2, 0.25) is 11.8 Å². The van der Waals surface area contributed by atoms with Crippen LogP contribution in [0.25, 0.3) is 0 Å². The molecule has 1 aromatic carbocycles. The van der Waals surface area contributed by atoms with Crippen LogP contribution >= 0.6 is 0 Å². The van der Waals surface area contributed by atoms with Crippen molar-refractivity contribution in [2.45, 2.75) is 96.9 Å². The van der Waals surface area contributed by atoms with Gasteiger partial charge in [-0.2, -0.15) is 0 Å². The average Bonchev–Trinajstić information content (AvgIpc) is 3.23. The van der Waals surface area contributed by atoms with Crippen LogP contribution in [-0.2, 0) is 4.79 Å². The van der Waals surface area contributed by atoms with E-state index in [-0.39, 0.29) is 52.6 Å². The minimum atomic E-state index is -0.497. The molecule has 7 heteroatoms. The maximum absolute atomic E-state index is 12.7. The van der Waals surface area contributed by atoms with Crippen molar-refractivity contribution >= 4 is 17.5 Å². The minimum absolute atomic E-state index is 0.0613. The van der Waals surface area contributed by atoms with Gasteiger partial charge in [-0.05, 0) is 122 Å². The summed E-state index contributed by atoms with van der Waals surface area (Å²) in [6.07, 6.45) is 6.16. The van der Waals surface area contributed by atoms with E-state index in [2.05, 4.69) is 26.1 Å². The highest BCUT2D eigenvalue weighted by molar-refractivity contribution is 5.94. The highest BCUT2D eigenvalue weighted by Gasteiger charge is 2.65. The lowest BCUT2D eigenvalue weighted by Crippen LogP contribution is -2.62. The van der Waals surface area contributed by atoms with Gasteiger partial charge in [0, 0.05) is 17.7 Å². The van der Waals surface area contributed by atoms with Gasteiger partial charge in [-0.15, -0.1) is 0 Å². The first-order valence-corrected chi connectivity index (χ1v) is 14.7. The number of aliphatic hydroxyl groups excluding tert-OH is 3. The molecular weight excluding hydrogens is 480 g/mol. The number of hydrogen-bond acceptors (Lipinski definition) is 5. The molecule has 11 atom stereocenters. The molecule has 5 rings (SSSR count). The number of rotatable bonds is 6. The zero-order valence-electron chi connectivity index (χ0n) is 23.1. The van der Waals surface area contributed by atoms with Gasteiger partial charge in [0.15, 0.2) is 0 Å². The zero-order valence-corrected chi connectivity index (χ0v) is 23.1. The summed E-state index contributed by atoms with van der Waals surface area (Å²) in [5.74, 6) is 1.10. The zero-order chi connectivity index (χ0) is 27.4. The Kier molecular flexibility index (Phi) is 7.42. The number of nitrogens with two attached hydrogens (primary N) is 1. The van der Waals surface area contributed by atoms with Crippen LogP contribution < -0.4 is 11.1 Å². The summed E-state index contributed by atoms with van der Waals surface area (Å²) >= 11 is 0. The van der Waals surface area contributed by atoms with Gasteiger partial charge >= 0.3 is 0 Å². The summed E-state index contributed by atoms with van der Waals surface area (Å²) in [5, 5.41) is 36.4. The quantitative estimate of drug-likeness (QED) is 0.381. The maximum Gasteiger partial charge on any atom is 0.248 e. The summed E-state index contributed by atoms with van der Waals surface area (Å²) in [6.45, 7) is 6.82. The molecule has 1 aromatic rings. The summed E-state index contributed by atoms with van der Waals surface area (Å²) in [6, 6.07) is 6.59. The van der Waals surface area contributed by atoms with Crippen LogP contribution in [0.1, 0.15) is 88.9 Å². The maximum atomic E-state index is 12.7. The predicted octanol–water partition coefficient (Wildman–Crippen LogP) is 4.10. The second-order valence-corrected chi connectivity index (χ2v) is 13.5. The summed E-state index contributed by atoms with van der Waals surface area (Å²) < 4.78 is 0. The fourth-order valence-electron chi connectivity index (χ4n) is 9.63. The molecule has 4 unspecified atom stereocenters. The van der Waals surface area contributed by atoms with E-state index in [1.54, 1.807) is 24.3 Å². The van der Waals surface area contributed by atoms with Gasteiger partial charge in [-0.25, -0.2) is 0 Å². The van der Waals surface area contributed by atoms with E-state index in [0.717, 1.165) is 51.4 Å². The van der Waals surface area contributed by atoms with E-state index in [4.69, 9.17) is 5.73 Å². The highest BCUT2D eigenvalue weighted by atomic mass is 16.3. The molecule has 38 heavy (non-hydrogen) atoms. The molecule has 0 spiro atoms. The predicted molar refractivity (Wildman–Crippen MR) is 146 cm³/mol. The lowest BCUT2D eigenvalue weighted by molar-refractivity contribution is -0.207. The van der Waals surface area contributed by atoms with Crippen LogP contribution in [0.15, 0.2) is 24.3 Å². The van der Waals surface area contributed by atoms with Crippen molar-refractivity contribution in [2.24, 2.45) is 52.1 Å². The van der Waals surface area contributed by atoms with Crippen LogP contribution in [0, 0.1) is 46.3 Å². The van der Waals surface area contributed by atoms with Crippen LogP contribution in [0.3, 0.4) is 0 Å². The highest BCUT2D eigenvalue weighted by Crippen LogP contribution is 2.68. The number of anilines is 1. The minimum Gasteiger partial charge on any atom is -0.393 e. The Bertz CT molecular complexity index is 1050. The van der Waals surface area contributed by atoms with Gasteiger partial charge in [0.05, 0.1) is 18.3 Å². The van der Waals surface area contributed by atoms with Crippen molar-refractivity contribution in [1.82, 2.24) is 0 Å². The van der Waals surface area contributed by atoms with Crippen molar-refractivity contribution in [3.63, 3.8) is 0 Å². The normalized spacial score (nSPS) is 42.9. The standard InChI is InChI=1S/C31H46N2O5/c1-17(4-11-27(37)33-20-7-5-18(6-8-20)29(32)38)22-9-10-23-28-24(16-26(36)31(22,23)3)30(2)13-12-21(34)14-19(30)15-25(28)35/h5-8,17,19,21-26,28,34-36H,4,9-16H2,1-3H3,(H2,32,38)(H,33,37)/t17-,19?,21-,22-,23?,24?,25-,26+,28?,30+,31-/m1/s1. The van der Waals surface area contributed by atoms with Crippen molar-refractivity contribution < 1.29 is 24.9 Å². The molecule has 0 saturated heterocycles. The molecule has 4 aliphatic carbocycles. The fraction of sp³-hybridized carbons (Fsp3) is 0.742. The molecular formula is C31H46N2O5. The van der Waals surface area contributed by atoms with E-state index in [0.29, 0.717) is 29.5 Å². The number of benzene rings is 1. The van der Waals surface area contributed by atoms with Gasteiger partial charge in [0.25, 0.3) is 0 Å². The van der Waals surface area contributed by atoms with Crippen LogP contribution in [-0.4, -0.2) is 45.4 Å². The second kappa shape index (κ2) is 10.2. The Morgan fingerprint density at radius 1 is 1.03 bits per heavy atom. The number of hydrogen-bond donors (Lipinski definition) is 5. The topological polar surface area (TPSA) is 133 Å². The first-order chi connectivity index (χ1) is 17.9. The number of aliphatic hydroxyl groups is 3. The molecule has 4 saturated carbocycles. The average molecular weight is 527 g/mol. The molecule has 210 valence electrons. The number of fused-ring (bicyclic) bond motifs is 5. The number of nitrogens with one attached hydrogen (secondary N) is 1. The van der Waals surface area contributed by atoms with Crippen molar-refractivity contribution in [3.8, 4) is 0 Å². The molecule has 7 nitrogen and oxygen atoms in total. The Morgan fingerprint density at radius 3 is 2.42 bits per heavy atom. The summed E-state index contributed by atoms with van der Waals surface area (Å²) in [7, 11) is 0. The number of carbonyl (C=O) groups excluding carboxylic acids is 2. The van der Waals surface area contributed by atoms with Gasteiger partial charge < -0.3 is 26.4 Å². The van der Waals surface area contributed by atoms with E-state index in [1.165, 1.54) is 0 Å². The molecule has 0 radical (unpaired) electrons. The molecule has 0 bridgehead atoms. The Balaban J connectivity index is 1.25. The van der Waals surface area contributed by atoms with Gasteiger partial charge in [-0.1, -0.05) is 20.8 Å². The molecule has 0 aromatic heterocycles. The fourth-order valence-corrected chi connectivity index (χ4v) is 9.63. The largest absolute Gasteiger partial charge is 0.393 e. The number of carbonyl (C=O) groups is 2. The van der Waals surface area contributed by atoms with E-state index < -0.39 is 12.0 Å². The monoisotopic (exact) mass is 526 g/mol. The Labute approximate surface area is 226 Å². The van der Waals surface area contributed by atoms with Crippen LogP contribution in [0.2, 0.25) is 0 Å². The first kappa shape index (κ1) is 27.6. The summed E-state index contributed by atoms with van der Waals surface area (Å²) in [4.78, 5) is 24.0. The number of primary amides is 1. The van der Waals surface area contributed by atoms with E-state index in [1.807, 2.05) is 0 Å². The SMILES string of the molecule is C[C@H](CCC(=O)Nc1ccc(C(N)=O)cc1)[C@H]1CCC2C3C(C[C@H](O)[C@@]21C)[C@@]1(C)CC[C@@H](O)CC1C[C@H]3O. The van der Waals surface area contributed by atoms with Gasteiger partial charge in [0.1, 0.15) is 0 Å². The lowest BCUT2D eigenvalue weighted by Gasteiger charge is -2.63. The van der Waals surface area contributed by atoms with Crippen molar-refractivity contribution in [3.05, 3.63) is 29.8 Å².